The molecule has 0 radical (unpaired) electrons. The zero-order chi connectivity index (χ0) is 13.7. The number of hydrogen-bond donors (Lipinski definition) is 1. The summed E-state index contributed by atoms with van der Waals surface area (Å²) in [5.74, 6) is -1.89. The number of carbonyl (C=O) groups is 2. The number of hydrogen-bond acceptors (Lipinski definition) is 4. The molecule has 3 atom stereocenters. The topological polar surface area (TPSA) is 76.1 Å². The van der Waals surface area contributed by atoms with Gasteiger partial charge in [0.25, 0.3) is 0 Å². The Kier molecular flexibility index (Phi) is 5.55. The predicted molar refractivity (Wildman–Crippen MR) is 64.2 cm³/mol. The molecule has 0 aliphatic heterocycles. The summed E-state index contributed by atoms with van der Waals surface area (Å²) < 4.78 is 10.0. The van der Waals surface area contributed by atoms with Gasteiger partial charge in [-0.25, -0.2) is 0 Å². The highest BCUT2D eigenvalue weighted by molar-refractivity contribution is 5.89. The van der Waals surface area contributed by atoms with Crippen molar-refractivity contribution in [1.29, 1.82) is 0 Å². The molecule has 1 unspecified atom stereocenters. The van der Waals surface area contributed by atoms with Crippen molar-refractivity contribution in [2.45, 2.75) is 19.4 Å². The molecule has 1 saturated carbocycles. The van der Waals surface area contributed by atoms with Crippen LogP contribution in [0.1, 0.15) is 13.3 Å². The Morgan fingerprint density at radius 3 is 2.44 bits per heavy atom. The van der Waals surface area contributed by atoms with E-state index in [4.69, 9.17) is 14.6 Å². The summed E-state index contributed by atoms with van der Waals surface area (Å²) in [7, 11) is 3.15. The fourth-order valence-electron chi connectivity index (χ4n) is 2.02. The second-order valence-corrected chi connectivity index (χ2v) is 4.62. The third kappa shape index (κ3) is 3.68. The van der Waals surface area contributed by atoms with E-state index in [2.05, 4.69) is 0 Å². The van der Waals surface area contributed by atoms with E-state index < -0.39 is 11.9 Å². The quantitative estimate of drug-likeness (QED) is 0.674. The molecule has 0 bridgehead atoms. The maximum Gasteiger partial charge on any atom is 0.307 e. The van der Waals surface area contributed by atoms with Crippen molar-refractivity contribution in [3.8, 4) is 0 Å². The average molecular weight is 259 g/mol. The van der Waals surface area contributed by atoms with Gasteiger partial charge in [0.2, 0.25) is 5.91 Å². The highest BCUT2D eigenvalue weighted by Gasteiger charge is 2.50. The van der Waals surface area contributed by atoms with Gasteiger partial charge in [0, 0.05) is 20.8 Å². The number of ether oxygens (including phenoxy) is 2. The molecule has 0 aromatic carbocycles. The first kappa shape index (κ1) is 14.9. The Hall–Kier alpha value is -1.14. The standard InChI is InChI=1S/C12H21NO5/c1-8(7-18-3)13(4-5-17-2)11(14)9-6-10(9)12(15)16/h8-10H,4-7H2,1-3H3,(H,15,16)/t8?,9-,10+/m1/s1. The van der Waals surface area contributed by atoms with Crippen molar-refractivity contribution < 1.29 is 24.2 Å². The summed E-state index contributed by atoms with van der Waals surface area (Å²) in [4.78, 5) is 24.6. The van der Waals surface area contributed by atoms with Crippen LogP contribution < -0.4 is 0 Å². The van der Waals surface area contributed by atoms with Gasteiger partial charge in [-0.15, -0.1) is 0 Å². The zero-order valence-electron chi connectivity index (χ0n) is 11.1. The molecule has 1 fully saturated rings. The predicted octanol–water partition coefficient (Wildman–Crippen LogP) is 0.217. The zero-order valence-corrected chi connectivity index (χ0v) is 11.1. The summed E-state index contributed by atoms with van der Waals surface area (Å²) in [5.41, 5.74) is 0. The van der Waals surface area contributed by atoms with E-state index in [1.807, 2.05) is 6.92 Å². The van der Waals surface area contributed by atoms with Gasteiger partial charge in [-0.05, 0) is 13.3 Å². The van der Waals surface area contributed by atoms with E-state index in [-0.39, 0.29) is 17.9 Å². The largest absolute Gasteiger partial charge is 0.481 e. The first-order valence-electron chi connectivity index (χ1n) is 6.04. The van der Waals surface area contributed by atoms with E-state index in [0.29, 0.717) is 26.2 Å². The molecule has 1 aliphatic carbocycles. The van der Waals surface area contributed by atoms with Gasteiger partial charge in [0.05, 0.1) is 31.1 Å². The molecule has 1 aliphatic rings. The Morgan fingerprint density at radius 1 is 1.33 bits per heavy atom. The maximum absolute atomic E-state index is 12.2. The van der Waals surface area contributed by atoms with Gasteiger partial charge < -0.3 is 19.5 Å². The second-order valence-electron chi connectivity index (χ2n) is 4.62. The fraction of sp³-hybridized carbons (Fsp3) is 0.833. The number of rotatable bonds is 8. The van der Waals surface area contributed by atoms with Gasteiger partial charge in [-0.3, -0.25) is 9.59 Å². The van der Waals surface area contributed by atoms with E-state index in [1.54, 1.807) is 19.1 Å². The first-order chi connectivity index (χ1) is 8.52. The lowest BCUT2D eigenvalue weighted by Gasteiger charge is -2.28. The Bertz CT molecular complexity index is 307. The van der Waals surface area contributed by atoms with Crippen LogP contribution in [0.15, 0.2) is 0 Å². The summed E-state index contributed by atoms with van der Waals surface area (Å²) in [6, 6.07) is -0.0762. The van der Waals surface area contributed by atoms with Crippen molar-refractivity contribution in [3.05, 3.63) is 0 Å². The molecule has 0 aromatic heterocycles. The van der Waals surface area contributed by atoms with Crippen LogP contribution in [0, 0.1) is 11.8 Å². The fourth-order valence-corrected chi connectivity index (χ4v) is 2.02. The van der Waals surface area contributed by atoms with Gasteiger partial charge >= 0.3 is 5.97 Å². The van der Waals surface area contributed by atoms with Crippen molar-refractivity contribution in [3.63, 3.8) is 0 Å². The molecule has 0 aromatic rings. The van der Waals surface area contributed by atoms with Crippen molar-refractivity contribution in [2.75, 3.05) is 34.0 Å². The summed E-state index contributed by atoms with van der Waals surface area (Å²) in [6.45, 7) is 3.21. The third-order valence-corrected chi connectivity index (χ3v) is 3.18. The highest BCUT2D eigenvalue weighted by Crippen LogP contribution is 2.40. The minimum absolute atomic E-state index is 0.0762. The van der Waals surface area contributed by atoms with E-state index in [0.717, 1.165) is 0 Å². The van der Waals surface area contributed by atoms with Crippen LogP contribution in [0.2, 0.25) is 0 Å². The number of carboxylic acids is 1. The molecule has 18 heavy (non-hydrogen) atoms. The molecule has 0 spiro atoms. The van der Waals surface area contributed by atoms with Crippen LogP contribution in [0.5, 0.6) is 0 Å². The molecule has 6 heteroatoms. The highest BCUT2D eigenvalue weighted by atomic mass is 16.5. The van der Waals surface area contributed by atoms with Gasteiger partial charge in [-0.1, -0.05) is 0 Å². The van der Waals surface area contributed by atoms with E-state index in [1.165, 1.54) is 0 Å². The number of nitrogens with zero attached hydrogens (tertiary/aromatic N) is 1. The minimum atomic E-state index is -0.889. The van der Waals surface area contributed by atoms with Gasteiger partial charge in [-0.2, -0.15) is 0 Å². The Morgan fingerprint density at radius 2 is 2.00 bits per heavy atom. The molecule has 104 valence electrons. The van der Waals surface area contributed by atoms with E-state index >= 15 is 0 Å². The van der Waals surface area contributed by atoms with Crippen LogP contribution in [-0.2, 0) is 19.1 Å². The first-order valence-corrected chi connectivity index (χ1v) is 6.04. The normalized spacial score (nSPS) is 23.5. The van der Waals surface area contributed by atoms with Crippen LogP contribution in [0.4, 0.5) is 0 Å². The number of methoxy groups -OCH3 is 2. The molecule has 0 saturated heterocycles. The lowest BCUT2D eigenvalue weighted by Crippen LogP contribution is -2.44. The van der Waals surface area contributed by atoms with Crippen LogP contribution >= 0.6 is 0 Å². The summed E-state index contributed by atoms with van der Waals surface area (Å²) in [6.07, 6.45) is 0.442. The van der Waals surface area contributed by atoms with E-state index in [9.17, 15) is 9.59 Å². The number of carbonyl (C=O) groups excluding carboxylic acids is 1. The van der Waals surface area contributed by atoms with Crippen LogP contribution in [0.25, 0.3) is 0 Å². The Labute approximate surface area is 107 Å². The van der Waals surface area contributed by atoms with Crippen molar-refractivity contribution in [1.82, 2.24) is 4.90 Å². The molecule has 0 heterocycles. The Balaban J connectivity index is 2.59. The van der Waals surface area contributed by atoms with Gasteiger partial charge in [0.15, 0.2) is 0 Å². The van der Waals surface area contributed by atoms with Crippen molar-refractivity contribution in [2.24, 2.45) is 11.8 Å². The molecular weight excluding hydrogens is 238 g/mol. The molecule has 1 rings (SSSR count). The monoisotopic (exact) mass is 259 g/mol. The third-order valence-electron chi connectivity index (χ3n) is 3.18. The smallest absolute Gasteiger partial charge is 0.307 e. The summed E-state index contributed by atoms with van der Waals surface area (Å²) in [5, 5.41) is 8.85. The minimum Gasteiger partial charge on any atom is -0.481 e. The maximum atomic E-state index is 12.2. The number of amides is 1. The molecule has 1 N–H and O–H groups in total. The summed E-state index contributed by atoms with van der Waals surface area (Å²) >= 11 is 0. The molecule has 6 nitrogen and oxygen atoms in total. The van der Waals surface area contributed by atoms with Crippen molar-refractivity contribution >= 4 is 11.9 Å². The lowest BCUT2D eigenvalue weighted by molar-refractivity contribution is -0.143. The average Bonchev–Trinajstić information content (AvgIpc) is 3.09. The lowest BCUT2D eigenvalue weighted by atomic mass is 10.2. The number of aliphatic carboxylic acids is 1. The molecular formula is C12H21NO5. The van der Waals surface area contributed by atoms with Crippen LogP contribution in [0.3, 0.4) is 0 Å². The second kappa shape index (κ2) is 6.70. The van der Waals surface area contributed by atoms with Gasteiger partial charge in [0.1, 0.15) is 0 Å². The van der Waals surface area contributed by atoms with Crippen LogP contribution in [-0.4, -0.2) is 61.9 Å². The number of carboxylic acid groups (broad SMARTS) is 1. The molecule has 1 amide bonds. The SMILES string of the molecule is COCCN(C(=O)[C@@H]1C[C@@H]1C(=O)O)C(C)COC.